The molecule has 0 aromatic heterocycles. The molecule has 0 saturated heterocycles. The maximum atomic E-state index is 10.9. The summed E-state index contributed by atoms with van der Waals surface area (Å²) in [7, 11) is 0. The van der Waals surface area contributed by atoms with Crippen LogP contribution in [0.4, 0.5) is 5.69 Å². The molecule has 0 spiro atoms. The number of nitrogens with zero attached hydrogens (tertiary/aromatic N) is 2. The molecule has 124 valence electrons. The number of aliphatic imine (C=N–C) groups is 1. The first kappa shape index (κ1) is 16.1. The molecule has 7 nitrogen and oxygen atoms in total. The molecule has 0 bridgehead atoms. The highest BCUT2D eigenvalue weighted by Crippen LogP contribution is 2.33. The van der Waals surface area contributed by atoms with Gasteiger partial charge in [-0.1, -0.05) is 23.7 Å². The van der Waals surface area contributed by atoms with Gasteiger partial charge in [0.05, 0.1) is 11.5 Å². The Labute approximate surface area is 142 Å². The van der Waals surface area contributed by atoms with E-state index < -0.39 is 16.4 Å². The van der Waals surface area contributed by atoms with Gasteiger partial charge in [0.25, 0.3) is 0 Å². The normalized spacial score (nSPS) is 16.3. The van der Waals surface area contributed by atoms with Crippen LogP contribution >= 0.6 is 11.6 Å². The van der Waals surface area contributed by atoms with E-state index in [0.29, 0.717) is 18.1 Å². The van der Waals surface area contributed by atoms with E-state index in [4.69, 9.17) is 21.1 Å². The second-order valence-electron chi connectivity index (χ2n) is 5.11. The van der Waals surface area contributed by atoms with Gasteiger partial charge in [0.2, 0.25) is 5.75 Å². The number of para-hydroxylation sites is 2. The van der Waals surface area contributed by atoms with E-state index in [9.17, 15) is 15.2 Å². The maximum absolute atomic E-state index is 10.9. The summed E-state index contributed by atoms with van der Waals surface area (Å²) in [6, 6.07) is 9.81. The van der Waals surface area contributed by atoms with E-state index in [2.05, 4.69) is 4.99 Å². The van der Waals surface area contributed by atoms with Gasteiger partial charge >= 0.3 is 5.69 Å². The van der Waals surface area contributed by atoms with Crippen molar-refractivity contribution >= 4 is 23.5 Å². The van der Waals surface area contributed by atoms with Crippen LogP contribution in [0.15, 0.2) is 41.4 Å². The van der Waals surface area contributed by atoms with Crippen LogP contribution in [0.3, 0.4) is 0 Å². The lowest BCUT2D eigenvalue weighted by molar-refractivity contribution is -0.385. The van der Waals surface area contributed by atoms with Crippen LogP contribution in [0.2, 0.25) is 5.02 Å². The number of fused-ring (bicyclic) bond motifs is 1. The van der Waals surface area contributed by atoms with Gasteiger partial charge in [-0.15, -0.1) is 0 Å². The van der Waals surface area contributed by atoms with E-state index in [1.807, 2.05) is 18.2 Å². The number of hydrogen-bond acceptors (Lipinski definition) is 6. The Bertz CT molecular complexity index is 809. The van der Waals surface area contributed by atoms with Crippen molar-refractivity contribution < 1.29 is 19.5 Å². The summed E-state index contributed by atoms with van der Waals surface area (Å²) in [5, 5.41) is 20.9. The maximum Gasteiger partial charge on any atom is 0.312 e. The fourth-order valence-electron chi connectivity index (χ4n) is 2.26. The first-order chi connectivity index (χ1) is 11.5. The highest BCUT2D eigenvalue weighted by Gasteiger charge is 2.20. The molecular formula is C16H13ClN2O5. The Balaban J connectivity index is 1.71. The number of nitro groups is 1. The van der Waals surface area contributed by atoms with Gasteiger partial charge < -0.3 is 14.6 Å². The minimum Gasteiger partial charge on any atom is -0.502 e. The second kappa shape index (κ2) is 6.76. The number of halogens is 1. The van der Waals surface area contributed by atoms with Crippen LogP contribution in [0.1, 0.15) is 5.56 Å². The van der Waals surface area contributed by atoms with Crippen molar-refractivity contribution in [1.29, 1.82) is 0 Å². The van der Waals surface area contributed by atoms with Gasteiger partial charge in [-0.2, -0.15) is 0 Å². The topological polar surface area (TPSA) is 94.2 Å². The molecule has 1 heterocycles. The Hall–Kier alpha value is -2.80. The summed E-state index contributed by atoms with van der Waals surface area (Å²) in [6.07, 6.45) is 1.05. The van der Waals surface area contributed by atoms with E-state index in [1.165, 1.54) is 12.3 Å². The van der Waals surface area contributed by atoms with Gasteiger partial charge in [0, 0.05) is 22.9 Å². The molecule has 0 fully saturated rings. The minimum atomic E-state index is -0.701. The van der Waals surface area contributed by atoms with Gasteiger partial charge in [0.15, 0.2) is 17.6 Å². The fraction of sp³-hybridized carbons (Fsp3) is 0.188. The molecule has 0 aliphatic carbocycles. The summed E-state index contributed by atoms with van der Waals surface area (Å²) in [4.78, 5) is 14.3. The third-order valence-electron chi connectivity index (χ3n) is 3.39. The molecule has 3 rings (SSSR count). The largest absolute Gasteiger partial charge is 0.502 e. The first-order valence-corrected chi connectivity index (χ1v) is 7.47. The van der Waals surface area contributed by atoms with Crippen LogP contribution in [0, 0.1) is 10.1 Å². The highest BCUT2D eigenvalue weighted by molar-refractivity contribution is 6.31. The predicted molar refractivity (Wildman–Crippen MR) is 88.6 cm³/mol. The zero-order valence-electron chi connectivity index (χ0n) is 12.4. The molecule has 1 aliphatic heterocycles. The van der Waals surface area contributed by atoms with E-state index in [-0.39, 0.29) is 23.2 Å². The molecule has 1 N–H and O–H groups in total. The lowest BCUT2D eigenvalue weighted by Gasteiger charge is -2.25. The van der Waals surface area contributed by atoms with Gasteiger partial charge in [-0.3, -0.25) is 15.1 Å². The SMILES string of the molecule is O=[N+]([O-])c1cc(Cl)cc(C=NC[C@@H]2COc3ccccc3O2)c1O. The molecule has 0 unspecified atom stereocenters. The van der Waals surface area contributed by atoms with E-state index in [0.717, 1.165) is 6.07 Å². The van der Waals surface area contributed by atoms with Crippen LogP contribution < -0.4 is 9.47 Å². The Morgan fingerprint density at radius 2 is 2.12 bits per heavy atom. The minimum absolute atomic E-state index is 0.145. The van der Waals surface area contributed by atoms with Crippen LogP contribution in [-0.4, -0.2) is 35.5 Å². The van der Waals surface area contributed by atoms with Crippen molar-refractivity contribution in [3.05, 3.63) is 57.1 Å². The second-order valence-corrected chi connectivity index (χ2v) is 5.55. The highest BCUT2D eigenvalue weighted by atomic mass is 35.5. The number of benzene rings is 2. The van der Waals surface area contributed by atoms with Crippen LogP contribution in [0.5, 0.6) is 17.2 Å². The van der Waals surface area contributed by atoms with Crippen LogP contribution in [0.25, 0.3) is 0 Å². The number of ether oxygens (including phenoxy) is 2. The third kappa shape index (κ3) is 3.41. The average Bonchev–Trinajstić information content (AvgIpc) is 2.57. The Morgan fingerprint density at radius 1 is 1.38 bits per heavy atom. The van der Waals surface area contributed by atoms with Crippen molar-refractivity contribution in [2.75, 3.05) is 13.2 Å². The third-order valence-corrected chi connectivity index (χ3v) is 3.61. The Morgan fingerprint density at radius 3 is 2.88 bits per heavy atom. The zero-order chi connectivity index (χ0) is 17.1. The number of phenols is 1. The monoisotopic (exact) mass is 348 g/mol. The number of rotatable bonds is 4. The molecule has 2 aromatic carbocycles. The van der Waals surface area contributed by atoms with Crippen LogP contribution in [-0.2, 0) is 0 Å². The number of phenolic OH excluding ortho intramolecular Hbond substituents is 1. The Kier molecular flexibility index (Phi) is 4.52. The lowest BCUT2D eigenvalue weighted by atomic mass is 10.2. The quantitative estimate of drug-likeness (QED) is 0.520. The molecule has 24 heavy (non-hydrogen) atoms. The summed E-state index contributed by atoms with van der Waals surface area (Å²) in [6.45, 7) is 0.615. The first-order valence-electron chi connectivity index (χ1n) is 7.10. The standard InChI is InChI=1S/C16H13ClN2O5/c17-11-5-10(16(20)13(6-11)19(21)22)7-18-8-12-9-23-14-3-1-2-4-15(14)24-12/h1-7,12,20H,8-9H2/t12-/m1/s1. The molecule has 0 saturated carbocycles. The van der Waals surface area contributed by atoms with Gasteiger partial charge in [0.1, 0.15) is 6.61 Å². The van der Waals surface area contributed by atoms with Crippen molar-refractivity contribution in [3.63, 3.8) is 0 Å². The van der Waals surface area contributed by atoms with E-state index in [1.54, 1.807) is 6.07 Å². The number of hydrogen-bond donors (Lipinski definition) is 1. The van der Waals surface area contributed by atoms with Crippen molar-refractivity contribution in [2.45, 2.75) is 6.10 Å². The summed E-state index contributed by atoms with van der Waals surface area (Å²) >= 11 is 5.83. The molecule has 0 radical (unpaired) electrons. The molecule has 0 amide bonds. The summed E-state index contributed by atoms with van der Waals surface area (Å²) in [5.41, 5.74) is -0.290. The van der Waals surface area contributed by atoms with Gasteiger partial charge in [-0.05, 0) is 18.2 Å². The summed E-state index contributed by atoms with van der Waals surface area (Å²) in [5.74, 6) is 0.852. The smallest absolute Gasteiger partial charge is 0.312 e. The van der Waals surface area contributed by atoms with Crippen molar-refractivity contribution in [3.8, 4) is 17.2 Å². The lowest BCUT2D eigenvalue weighted by Crippen LogP contribution is -2.31. The average molecular weight is 349 g/mol. The number of nitro benzene ring substituents is 1. The van der Waals surface area contributed by atoms with Crippen molar-refractivity contribution in [1.82, 2.24) is 0 Å². The molecule has 2 aromatic rings. The molecule has 1 aliphatic rings. The number of aromatic hydroxyl groups is 1. The van der Waals surface area contributed by atoms with Gasteiger partial charge in [-0.25, -0.2) is 0 Å². The predicted octanol–water partition coefficient (Wildman–Crippen LogP) is 3.21. The molecular weight excluding hydrogens is 336 g/mol. The molecule has 1 atom stereocenters. The fourth-order valence-corrected chi connectivity index (χ4v) is 2.49. The molecule has 8 heteroatoms. The van der Waals surface area contributed by atoms with E-state index >= 15 is 0 Å². The van der Waals surface area contributed by atoms with Crippen molar-refractivity contribution in [2.24, 2.45) is 4.99 Å². The summed E-state index contributed by atoms with van der Waals surface area (Å²) < 4.78 is 11.3. The zero-order valence-corrected chi connectivity index (χ0v) is 13.1.